The molecule has 0 atom stereocenters. The number of hydrogen-bond acceptors (Lipinski definition) is 5. The molecule has 0 saturated carbocycles. The number of aryl methyl sites for hydroxylation is 1. The molecule has 2 saturated heterocycles. The summed E-state index contributed by atoms with van der Waals surface area (Å²) in [6.45, 7) is 11.2. The van der Waals surface area contributed by atoms with Crippen LogP contribution >= 0.6 is 11.6 Å². The zero-order chi connectivity index (χ0) is 19.3. The number of piperidine rings is 1. The lowest BCUT2D eigenvalue weighted by atomic mass is 9.96. The van der Waals surface area contributed by atoms with Gasteiger partial charge >= 0.3 is 0 Å². The van der Waals surface area contributed by atoms with Crippen molar-refractivity contribution < 1.29 is 0 Å². The van der Waals surface area contributed by atoms with Gasteiger partial charge in [0.25, 0.3) is 0 Å². The van der Waals surface area contributed by atoms with E-state index in [1.54, 1.807) is 0 Å². The third-order valence-electron chi connectivity index (χ3n) is 6.06. The average molecular weight is 403 g/mol. The van der Waals surface area contributed by atoms with Crippen LogP contribution in [-0.2, 0) is 0 Å². The van der Waals surface area contributed by atoms with E-state index in [9.17, 15) is 0 Å². The van der Waals surface area contributed by atoms with E-state index in [1.165, 1.54) is 51.1 Å². The van der Waals surface area contributed by atoms with Crippen molar-refractivity contribution in [3.05, 3.63) is 40.9 Å². The van der Waals surface area contributed by atoms with Crippen LogP contribution < -0.4 is 4.90 Å². The largest absolute Gasteiger partial charge is 0.369 e. The Hall–Kier alpha value is -1.63. The maximum absolute atomic E-state index is 6.13. The van der Waals surface area contributed by atoms with Crippen LogP contribution in [0.5, 0.6) is 0 Å². The van der Waals surface area contributed by atoms with Crippen molar-refractivity contribution in [2.45, 2.75) is 32.1 Å². The monoisotopic (exact) mass is 402 g/mol. The molecule has 0 radical (unpaired) electrons. The molecule has 1 N–H and O–H groups in total. The van der Waals surface area contributed by atoms with E-state index in [2.05, 4.69) is 42.0 Å². The van der Waals surface area contributed by atoms with Crippen LogP contribution in [0, 0.1) is 6.92 Å². The van der Waals surface area contributed by atoms with E-state index in [0.717, 1.165) is 42.9 Å². The van der Waals surface area contributed by atoms with Crippen LogP contribution in [0.2, 0.25) is 5.02 Å². The highest BCUT2D eigenvalue weighted by molar-refractivity contribution is 6.30. The van der Waals surface area contributed by atoms with Crippen molar-refractivity contribution in [2.24, 2.45) is 0 Å². The summed E-state index contributed by atoms with van der Waals surface area (Å²) in [5.74, 6) is 2.46. The number of rotatable bonds is 6. The molecule has 6 nitrogen and oxygen atoms in total. The molecule has 7 heteroatoms. The van der Waals surface area contributed by atoms with Gasteiger partial charge in [-0.25, -0.2) is 4.98 Å². The van der Waals surface area contributed by atoms with E-state index in [1.807, 2.05) is 19.1 Å². The summed E-state index contributed by atoms with van der Waals surface area (Å²) >= 11 is 6.13. The lowest BCUT2D eigenvalue weighted by Crippen LogP contribution is -2.47. The number of halogens is 1. The highest BCUT2D eigenvalue weighted by Gasteiger charge is 2.23. The van der Waals surface area contributed by atoms with Gasteiger partial charge in [-0.3, -0.25) is 10.00 Å². The van der Waals surface area contributed by atoms with Crippen molar-refractivity contribution in [3.63, 3.8) is 0 Å². The number of aromatic nitrogens is 3. The number of aromatic amines is 1. The van der Waals surface area contributed by atoms with E-state index >= 15 is 0 Å². The van der Waals surface area contributed by atoms with E-state index in [4.69, 9.17) is 11.6 Å². The van der Waals surface area contributed by atoms with Gasteiger partial charge in [0.15, 0.2) is 5.82 Å². The molecule has 2 aliphatic heterocycles. The Morgan fingerprint density at radius 1 is 1.04 bits per heavy atom. The van der Waals surface area contributed by atoms with Crippen molar-refractivity contribution in [3.8, 4) is 0 Å². The number of anilines is 1. The molecule has 0 bridgehead atoms. The summed E-state index contributed by atoms with van der Waals surface area (Å²) in [4.78, 5) is 12.2. The van der Waals surface area contributed by atoms with Crippen LogP contribution in [0.1, 0.15) is 36.8 Å². The van der Waals surface area contributed by atoms with E-state index in [0.29, 0.717) is 5.92 Å². The molecule has 28 heavy (non-hydrogen) atoms. The van der Waals surface area contributed by atoms with Gasteiger partial charge in [-0.05, 0) is 70.6 Å². The molecule has 2 aromatic rings. The Morgan fingerprint density at radius 2 is 1.75 bits per heavy atom. The number of H-pyrrole nitrogens is 1. The number of likely N-dealkylation sites (tertiary alicyclic amines) is 1. The maximum atomic E-state index is 6.13. The van der Waals surface area contributed by atoms with Crippen LogP contribution in [-0.4, -0.2) is 77.3 Å². The summed E-state index contributed by atoms with van der Waals surface area (Å²) < 4.78 is 0. The Bertz CT molecular complexity index is 747. The number of piperazine rings is 1. The first-order valence-corrected chi connectivity index (χ1v) is 10.9. The predicted molar refractivity (Wildman–Crippen MR) is 114 cm³/mol. The smallest absolute Gasteiger partial charge is 0.153 e. The first kappa shape index (κ1) is 19.7. The van der Waals surface area contributed by atoms with Gasteiger partial charge < -0.3 is 9.80 Å². The molecule has 3 heterocycles. The van der Waals surface area contributed by atoms with Gasteiger partial charge in [-0.2, -0.15) is 5.10 Å². The summed E-state index contributed by atoms with van der Waals surface area (Å²) in [6.07, 6.45) is 3.60. The lowest BCUT2D eigenvalue weighted by molar-refractivity contribution is 0.186. The van der Waals surface area contributed by atoms with Crippen molar-refractivity contribution in [1.82, 2.24) is 25.0 Å². The minimum Gasteiger partial charge on any atom is -0.369 e. The average Bonchev–Trinajstić information content (AvgIpc) is 3.15. The summed E-state index contributed by atoms with van der Waals surface area (Å²) in [5, 5.41) is 8.14. The second-order valence-electron chi connectivity index (χ2n) is 8.06. The molecule has 1 aromatic heterocycles. The van der Waals surface area contributed by atoms with Gasteiger partial charge in [-0.15, -0.1) is 0 Å². The van der Waals surface area contributed by atoms with Crippen molar-refractivity contribution in [1.29, 1.82) is 0 Å². The van der Waals surface area contributed by atoms with Crippen LogP contribution in [0.15, 0.2) is 24.3 Å². The summed E-state index contributed by atoms with van der Waals surface area (Å²) in [5.41, 5.74) is 1.25. The number of nitrogens with one attached hydrogen (secondary N) is 1. The van der Waals surface area contributed by atoms with Gasteiger partial charge in [0.1, 0.15) is 5.82 Å². The number of nitrogens with zero attached hydrogens (tertiary/aromatic N) is 5. The van der Waals surface area contributed by atoms with Crippen molar-refractivity contribution in [2.75, 3.05) is 57.3 Å². The van der Waals surface area contributed by atoms with E-state index < -0.39 is 0 Å². The first-order valence-electron chi connectivity index (χ1n) is 10.5. The second kappa shape index (κ2) is 9.25. The minimum atomic E-state index is 0.528. The highest BCUT2D eigenvalue weighted by atomic mass is 35.5. The third-order valence-corrected chi connectivity index (χ3v) is 6.30. The molecule has 2 fully saturated rings. The fourth-order valence-corrected chi connectivity index (χ4v) is 4.56. The SMILES string of the molecule is Cc1nc(C2CCN(CCCN3CCN(c4cccc(Cl)c4)CC3)CC2)n[nH]1. The zero-order valence-corrected chi connectivity index (χ0v) is 17.5. The molecule has 0 aliphatic carbocycles. The second-order valence-corrected chi connectivity index (χ2v) is 8.49. The minimum absolute atomic E-state index is 0.528. The van der Waals surface area contributed by atoms with Gasteiger partial charge in [0, 0.05) is 42.8 Å². The van der Waals surface area contributed by atoms with Crippen molar-refractivity contribution >= 4 is 17.3 Å². The Balaban J connectivity index is 1.13. The number of hydrogen-bond donors (Lipinski definition) is 1. The van der Waals surface area contributed by atoms with Crippen LogP contribution in [0.3, 0.4) is 0 Å². The summed E-state index contributed by atoms with van der Waals surface area (Å²) in [7, 11) is 0. The molecular weight excluding hydrogens is 372 g/mol. The molecule has 152 valence electrons. The Morgan fingerprint density at radius 3 is 2.39 bits per heavy atom. The predicted octanol–water partition coefficient (Wildman–Crippen LogP) is 3.16. The Kier molecular flexibility index (Phi) is 6.50. The fraction of sp³-hybridized carbons (Fsp3) is 0.619. The lowest BCUT2D eigenvalue weighted by Gasteiger charge is -2.37. The van der Waals surface area contributed by atoms with Gasteiger partial charge in [-0.1, -0.05) is 17.7 Å². The number of benzene rings is 1. The molecule has 4 rings (SSSR count). The summed E-state index contributed by atoms with van der Waals surface area (Å²) in [6, 6.07) is 8.21. The molecule has 0 unspecified atom stereocenters. The Labute approximate surface area is 172 Å². The van der Waals surface area contributed by atoms with Gasteiger partial charge in [0.2, 0.25) is 0 Å². The quantitative estimate of drug-likeness (QED) is 0.804. The van der Waals surface area contributed by atoms with Crippen LogP contribution in [0.4, 0.5) is 5.69 Å². The molecule has 1 aromatic carbocycles. The fourth-order valence-electron chi connectivity index (χ4n) is 4.38. The topological polar surface area (TPSA) is 51.3 Å². The standard InChI is InChI=1S/C21H31ClN6/c1-17-23-21(25-24-17)18-6-10-26(11-7-18)8-3-9-27-12-14-28(15-13-27)20-5-2-4-19(22)16-20/h2,4-5,16,18H,3,6-15H2,1H3,(H,23,24,25). The molecule has 0 spiro atoms. The molecular formula is C21H31ClN6. The molecule has 0 amide bonds. The zero-order valence-electron chi connectivity index (χ0n) is 16.8. The highest BCUT2D eigenvalue weighted by Crippen LogP contribution is 2.25. The van der Waals surface area contributed by atoms with E-state index in [-0.39, 0.29) is 0 Å². The normalized spacial score (nSPS) is 20.0. The molecule has 2 aliphatic rings. The van der Waals surface area contributed by atoms with Gasteiger partial charge in [0.05, 0.1) is 0 Å². The third kappa shape index (κ3) is 5.04. The first-order chi connectivity index (χ1) is 13.7. The maximum Gasteiger partial charge on any atom is 0.153 e. The van der Waals surface area contributed by atoms with Crippen LogP contribution in [0.25, 0.3) is 0 Å².